The van der Waals surface area contributed by atoms with Crippen molar-refractivity contribution in [2.75, 3.05) is 13.1 Å². The van der Waals surface area contributed by atoms with Crippen LogP contribution in [0.15, 0.2) is 22.7 Å². The van der Waals surface area contributed by atoms with Crippen LogP contribution in [0.2, 0.25) is 0 Å². The van der Waals surface area contributed by atoms with Crippen molar-refractivity contribution >= 4 is 33.4 Å². The summed E-state index contributed by atoms with van der Waals surface area (Å²) in [5, 5.41) is 0.108. The van der Waals surface area contributed by atoms with Gasteiger partial charge in [0.15, 0.2) is 0 Å². The van der Waals surface area contributed by atoms with Crippen LogP contribution in [0.5, 0.6) is 0 Å². The molecule has 2 rings (SSSR count). The molecule has 1 aliphatic heterocycles. The van der Waals surface area contributed by atoms with Crippen molar-refractivity contribution in [3.8, 4) is 0 Å². The predicted octanol–water partition coefficient (Wildman–Crippen LogP) is 3.21. The summed E-state index contributed by atoms with van der Waals surface area (Å²) in [6.07, 6.45) is 0.889. The molecule has 1 aromatic carbocycles. The Morgan fingerprint density at radius 3 is 2.94 bits per heavy atom. The lowest BCUT2D eigenvalue weighted by Gasteiger charge is -2.17. The fourth-order valence-corrected chi connectivity index (χ4v) is 2.52. The third-order valence-corrected chi connectivity index (χ3v) is 3.70. The van der Waals surface area contributed by atoms with E-state index in [1.54, 1.807) is 0 Å². The van der Waals surface area contributed by atoms with E-state index in [1.807, 2.05) is 30.0 Å². The van der Waals surface area contributed by atoms with Crippen LogP contribution in [0.1, 0.15) is 22.3 Å². The average molecular weight is 303 g/mol. The van der Waals surface area contributed by atoms with Gasteiger partial charge in [0.05, 0.1) is 5.38 Å². The smallest absolute Gasteiger partial charge is 0.254 e. The van der Waals surface area contributed by atoms with Gasteiger partial charge < -0.3 is 4.90 Å². The first-order valence-electron chi connectivity index (χ1n) is 5.27. The molecule has 1 amide bonds. The number of alkyl halides is 1. The molecule has 0 aliphatic carbocycles. The highest BCUT2D eigenvalue weighted by Crippen LogP contribution is 2.21. The Morgan fingerprint density at radius 2 is 2.31 bits per heavy atom. The van der Waals surface area contributed by atoms with E-state index in [0.29, 0.717) is 6.54 Å². The minimum atomic E-state index is 0.0851. The molecule has 0 bridgehead atoms. The third-order valence-electron chi connectivity index (χ3n) is 2.85. The van der Waals surface area contributed by atoms with Crippen LogP contribution in [0, 0.1) is 6.92 Å². The van der Waals surface area contributed by atoms with Crippen LogP contribution in [0.3, 0.4) is 0 Å². The molecule has 1 atom stereocenters. The van der Waals surface area contributed by atoms with E-state index >= 15 is 0 Å². The molecule has 1 unspecified atom stereocenters. The van der Waals surface area contributed by atoms with E-state index in [4.69, 9.17) is 11.6 Å². The van der Waals surface area contributed by atoms with Crippen molar-refractivity contribution in [2.45, 2.75) is 18.7 Å². The van der Waals surface area contributed by atoms with Crippen molar-refractivity contribution in [1.82, 2.24) is 4.90 Å². The summed E-state index contributed by atoms with van der Waals surface area (Å²) in [4.78, 5) is 14.0. The number of likely N-dealkylation sites (tertiary alicyclic amines) is 1. The van der Waals surface area contributed by atoms with Crippen molar-refractivity contribution in [3.05, 3.63) is 33.8 Å². The van der Waals surface area contributed by atoms with Crippen LogP contribution in [-0.4, -0.2) is 29.3 Å². The highest BCUT2D eigenvalue weighted by atomic mass is 79.9. The van der Waals surface area contributed by atoms with Gasteiger partial charge in [-0.25, -0.2) is 0 Å². The molecule has 1 fully saturated rings. The Labute approximate surface area is 109 Å². The van der Waals surface area contributed by atoms with Gasteiger partial charge in [0, 0.05) is 23.1 Å². The van der Waals surface area contributed by atoms with E-state index in [1.165, 1.54) is 0 Å². The zero-order chi connectivity index (χ0) is 11.7. The predicted molar refractivity (Wildman–Crippen MR) is 69.0 cm³/mol. The molecular formula is C12H13BrClNO. The van der Waals surface area contributed by atoms with Gasteiger partial charge in [0.2, 0.25) is 0 Å². The maximum atomic E-state index is 12.2. The number of carbonyl (C=O) groups is 1. The number of nitrogens with zero attached hydrogens (tertiary/aromatic N) is 1. The number of carbonyl (C=O) groups excluding carboxylic acids is 1. The average Bonchev–Trinajstić information content (AvgIpc) is 2.67. The molecule has 0 radical (unpaired) electrons. The summed E-state index contributed by atoms with van der Waals surface area (Å²) in [5.41, 5.74) is 1.77. The SMILES string of the molecule is Cc1ccc(Br)cc1C(=O)N1CCC(Cl)C1. The summed E-state index contributed by atoms with van der Waals surface area (Å²) >= 11 is 9.39. The zero-order valence-electron chi connectivity index (χ0n) is 9.04. The van der Waals surface area contributed by atoms with Gasteiger partial charge in [-0.3, -0.25) is 4.79 Å². The first kappa shape index (κ1) is 11.9. The Kier molecular flexibility index (Phi) is 3.55. The van der Waals surface area contributed by atoms with Crippen LogP contribution in [0.4, 0.5) is 0 Å². The third kappa shape index (κ3) is 2.41. The highest BCUT2D eigenvalue weighted by molar-refractivity contribution is 9.10. The summed E-state index contributed by atoms with van der Waals surface area (Å²) in [5.74, 6) is 0.0851. The minimum Gasteiger partial charge on any atom is -0.337 e. The summed E-state index contributed by atoms with van der Waals surface area (Å²) in [6.45, 7) is 3.37. The second-order valence-corrected chi connectivity index (χ2v) is 5.63. The van der Waals surface area contributed by atoms with Crippen molar-refractivity contribution < 1.29 is 4.79 Å². The van der Waals surface area contributed by atoms with E-state index < -0.39 is 0 Å². The quantitative estimate of drug-likeness (QED) is 0.730. The molecule has 1 saturated heterocycles. The second-order valence-electron chi connectivity index (χ2n) is 4.10. The topological polar surface area (TPSA) is 20.3 Å². The molecule has 1 aliphatic rings. The highest BCUT2D eigenvalue weighted by Gasteiger charge is 2.26. The van der Waals surface area contributed by atoms with Crippen molar-refractivity contribution in [3.63, 3.8) is 0 Å². The molecule has 0 saturated carbocycles. The number of halogens is 2. The van der Waals surface area contributed by atoms with Crippen LogP contribution in [-0.2, 0) is 0 Å². The fraction of sp³-hybridized carbons (Fsp3) is 0.417. The van der Waals surface area contributed by atoms with E-state index in [2.05, 4.69) is 15.9 Å². The van der Waals surface area contributed by atoms with Crippen molar-refractivity contribution in [1.29, 1.82) is 0 Å². The standard InChI is InChI=1S/C12H13BrClNO/c1-8-2-3-9(13)6-11(8)12(16)15-5-4-10(14)7-15/h2-3,6,10H,4-5,7H2,1H3. The molecule has 0 spiro atoms. The maximum Gasteiger partial charge on any atom is 0.254 e. The van der Waals surface area contributed by atoms with Gasteiger partial charge in [0.1, 0.15) is 0 Å². The molecule has 1 heterocycles. The van der Waals surface area contributed by atoms with Gasteiger partial charge in [-0.05, 0) is 31.0 Å². The number of benzene rings is 1. The van der Waals surface area contributed by atoms with E-state index in [9.17, 15) is 4.79 Å². The lowest BCUT2D eigenvalue weighted by atomic mass is 10.1. The van der Waals surface area contributed by atoms with Crippen molar-refractivity contribution in [2.24, 2.45) is 0 Å². The lowest BCUT2D eigenvalue weighted by Crippen LogP contribution is -2.29. The minimum absolute atomic E-state index is 0.0851. The Hall–Kier alpha value is -0.540. The van der Waals surface area contributed by atoms with Gasteiger partial charge in [0.25, 0.3) is 5.91 Å². The number of rotatable bonds is 1. The summed E-state index contributed by atoms with van der Waals surface area (Å²) < 4.78 is 0.933. The van der Waals surface area contributed by atoms with Gasteiger partial charge in [-0.1, -0.05) is 22.0 Å². The molecule has 0 aromatic heterocycles. The Balaban J connectivity index is 2.23. The summed E-state index contributed by atoms with van der Waals surface area (Å²) in [6, 6.07) is 5.77. The zero-order valence-corrected chi connectivity index (χ0v) is 11.4. The lowest BCUT2D eigenvalue weighted by molar-refractivity contribution is 0.0792. The molecule has 2 nitrogen and oxygen atoms in total. The second kappa shape index (κ2) is 4.76. The Morgan fingerprint density at radius 1 is 1.56 bits per heavy atom. The number of aryl methyl sites for hydroxylation is 1. The van der Waals surface area contributed by atoms with Crippen LogP contribution < -0.4 is 0 Å². The fourth-order valence-electron chi connectivity index (χ4n) is 1.90. The molecule has 86 valence electrons. The number of amides is 1. The molecule has 4 heteroatoms. The number of hydrogen-bond acceptors (Lipinski definition) is 1. The maximum absolute atomic E-state index is 12.2. The molecular weight excluding hydrogens is 289 g/mol. The Bertz CT molecular complexity index is 421. The monoisotopic (exact) mass is 301 g/mol. The van der Waals surface area contributed by atoms with Gasteiger partial charge >= 0.3 is 0 Å². The van der Waals surface area contributed by atoms with E-state index in [-0.39, 0.29) is 11.3 Å². The molecule has 1 aromatic rings. The van der Waals surface area contributed by atoms with Gasteiger partial charge in [-0.2, -0.15) is 0 Å². The molecule has 0 N–H and O–H groups in total. The first-order chi connectivity index (χ1) is 7.58. The largest absolute Gasteiger partial charge is 0.337 e. The van der Waals surface area contributed by atoms with Gasteiger partial charge in [-0.15, -0.1) is 11.6 Å². The first-order valence-corrected chi connectivity index (χ1v) is 6.50. The van der Waals surface area contributed by atoms with Crippen LogP contribution in [0.25, 0.3) is 0 Å². The van der Waals surface area contributed by atoms with E-state index in [0.717, 1.165) is 28.6 Å². The number of hydrogen-bond donors (Lipinski definition) is 0. The normalized spacial score (nSPS) is 20.2. The summed E-state index contributed by atoms with van der Waals surface area (Å²) in [7, 11) is 0. The van der Waals surface area contributed by atoms with Crippen LogP contribution >= 0.6 is 27.5 Å². The molecule has 16 heavy (non-hydrogen) atoms.